The summed E-state index contributed by atoms with van der Waals surface area (Å²) in [5.41, 5.74) is 0.957. The largest absolute Gasteiger partial charge is 0.339 e. The number of nitrogens with zero attached hydrogens (tertiary/aromatic N) is 1. The highest BCUT2D eigenvalue weighted by Gasteiger charge is 2.36. The zero-order chi connectivity index (χ0) is 19.8. The predicted molar refractivity (Wildman–Crippen MR) is 116 cm³/mol. The lowest BCUT2D eigenvalue weighted by molar-refractivity contribution is -0.117. The maximum atomic E-state index is 13.1. The molecule has 2 atom stereocenters. The molecule has 28 heavy (non-hydrogen) atoms. The van der Waals surface area contributed by atoms with E-state index in [0.717, 1.165) is 12.8 Å². The molecule has 7 heteroatoms. The Bertz CT molecular complexity index is 721. The first kappa shape index (κ1) is 23.0. The van der Waals surface area contributed by atoms with Crippen LogP contribution in [0.3, 0.4) is 0 Å². The Morgan fingerprint density at radius 2 is 1.82 bits per heavy atom. The fourth-order valence-electron chi connectivity index (χ4n) is 4.15. The molecule has 1 aromatic rings. The van der Waals surface area contributed by atoms with Crippen molar-refractivity contribution in [1.82, 2.24) is 10.2 Å². The number of carbonyl (C=O) groups is 2. The number of anilines is 1. The van der Waals surface area contributed by atoms with Crippen LogP contribution >= 0.6 is 24.0 Å². The second-order valence-corrected chi connectivity index (χ2v) is 9.57. The van der Waals surface area contributed by atoms with Gasteiger partial charge < -0.3 is 15.5 Å². The number of hydrogen-bond acceptors (Lipinski definition) is 3. The summed E-state index contributed by atoms with van der Waals surface area (Å²) < 4.78 is 0. The van der Waals surface area contributed by atoms with Crippen LogP contribution in [0, 0.1) is 5.41 Å². The van der Waals surface area contributed by atoms with Crippen molar-refractivity contribution in [2.24, 2.45) is 5.41 Å². The fourth-order valence-corrected chi connectivity index (χ4v) is 4.35. The van der Waals surface area contributed by atoms with Crippen molar-refractivity contribution >= 4 is 41.5 Å². The first-order valence-corrected chi connectivity index (χ1v) is 10.1. The highest BCUT2D eigenvalue weighted by Crippen LogP contribution is 2.31. The van der Waals surface area contributed by atoms with Gasteiger partial charge in [-0.1, -0.05) is 32.4 Å². The lowest BCUT2D eigenvalue weighted by Gasteiger charge is -2.35. The lowest BCUT2D eigenvalue weighted by atomic mass is 9.92. The Balaban J connectivity index is 0.00000280. The zero-order valence-electron chi connectivity index (χ0n) is 17.0. The second kappa shape index (κ2) is 9.02. The van der Waals surface area contributed by atoms with E-state index in [9.17, 15) is 9.59 Å². The van der Waals surface area contributed by atoms with Crippen LogP contribution in [0.2, 0.25) is 5.02 Å². The van der Waals surface area contributed by atoms with Gasteiger partial charge in [0.1, 0.15) is 0 Å². The quantitative estimate of drug-likeness (QED) is 0.743. The van der Waals surface area contributed by atoms with Gasteiger partial charge in [0.25, 0.3) is 5.91 Å². The van der Waals surface area contributed by atoms with Crippen LogP contribution in [-0.2, 0) is 4.79 Å². The minimum Gasteiger partial charge on any atom is -0.339 e. The SMILES string of the molecule is CN(C(=O)c1cc(NC(=O)CC(C)(C)C)ccc1Cl)C1CC2CCC(C1)N2.Cl. The van der Waals surface area contributed by atoms with Gasteiger partial charge in [-0.3, -0.25) is 9.59 Å². The Hall–Kier alpha value is -1.30. The summed E-state index contributed by atoms with van der Waals surface area (Å²) in [7, 11) is 1.86. The first-order chi connectivity index (χ1) is 12.6. The second-order valence-electron chi connectivity index (χ2n) is 9.16. The van der Waals surface area contributed by atoms with E-state index < -0.39 is 0 Å². The molecule has 156 valence electrons. The molecule has 2 aliphatic rings. The molecule has 2 unspecified atom stereocenters. The summed E-state index contributed by atoms with van der Waals surface area (Å²) >= 11 is 6.31. The maximum absolute atomic E-state index is 13.1. The summed E-state index contributed by atoms with van der Waals surface area (Å²) in [6.07, 6.45) is 4.77. The Morgan fingerprint density at radius 1 is 1.21 bits per heavy atom. The average Bonchev–Trinajstić information content (AvgIpc) is 2.91. The van der Waals surface area contributed by atoms with E-state index in [0.29, 0.717) is 34.8 Å². The van der Waals surface area contributed by atoms with E-state index in [4.69, 9.17) is 11.6 Å². The third kappa shape index (κ3) is 5.62. The maximum Gasteiger partial charge on any atom is 0.255 e. The Labute approximate surface area is 179 Å². The zero-order valence-corrected chi connectivity index (χ0v) is 18.6. The lowest BCUT2D eigenvalue weighted by Crippen LogP contribution is -2.48. The van der Waals surface area contributed by atoms with Crippen molar-refractivity contribution in [3.8, 4) is 0 Å². The summed E-state index contributed by atoms with van der Waals surface area (Å²) in [4.78, 5) is 27.1. The van der Waals surface area contributed by atoms with Crippen LogP contribution < -0.4 is 10.6 Å². The molecular formula is C21H31Cl2N3O2. The summed E-state index contributed by atoms with van der Waals surface area (Å²) in [6, 6.07) is 6.37. The van der Waals surface area contributed by atoms with Gasteiger partial charge >= 0.3 is 0 Å². The van der Waals surface area contributed by atoms with Crippen LogP contribution in [0.1, 0.15) is 63.2 Å². The molecule has 5 nitrogen and oxygen atoms in total. The number of halogens is 2. The van der Waals surface area contributed by atoms with Gasteiger partial charge in [-0.05, 0) is 49.3 Å². The number of hydrogen-bond donors (Lipinski definition) is 2. The smallest absolute Gasteiger partial charge is 0.255 e. The number of piperidine rings is 1. The monoisotopic (exact) mass is 427 g/mol. The van der Waals surface area contributed by atoms with Gasteiger partial charge in [0.15, 0.2) is 0 Å². The van der Waals surface area contributed by atoms with Crippen molar-refractivity contribution in [2.45, 2.75) is 71.0 Å². The Morgan fingerprint density at radius 3 is 2.39 bits per heavy atom. The third-order valence-electron chi connectivity index (χ3n) is 5.49. The highest BCUT2D eigenvalue weighted by atomic mass is 35.5. The molecule has 2 fully saturated rings. The van der Waals surface area contributed by atoms with Crippen LogP contribution in [0.15, 0.2) is 18.2 Å². The van der Waals surface area contributed by atoms with Gasteiger partial charge in [0, 0.05) is 37.3 Å². The molecule has 2 aliphatic heterocycles. The molecule has 2 bridgehead atoms. The van der Waals surface area contributed by atoms with Crippen molar-refractivity contribution < 1.29 is 9.59 Å². The topological polar surface area (TPSA) is 61.4 Å². The number of fused-ring (bicyclic) bond motifs is 2. The van der Waals surface area contributed by atoms with E-state index in [1.807, 2.05) is 32.7 Å². The number of benzene rings is 1. The molecule has 0 aromatic heterocycles. The molecular weight excluding hydrogens is 397 g/mol. The first-order valence-electron chi connectivity index (χ1n) is 9.75. The van der Waals surface area contributed by atoms with Crippen LogP contribution in [-0.4, -0.2) is 41.9 Å². The van der Waals surface area contributed by atoms with Crippen molar-refractivity contribution in [2.75, 3.05) is 12.4 Å². The number of carbonyl (C=O) groups excluding carboxylic acids is 2. The van der Waals surface area contributed by atoms with Crippen molar-refractivity contribution in [3.05, 3.63) is 28.8 Å². The fraction of sp³-hybridized carbons (Fsp3) is 0.619. The Kier molecular flexibility index (Phi) is 7.40. The van der Waals surface area contributed by atoms with Gasteiger partial charge in [-0.2, -0.15) is 0 Å². The number of rotatable bonds is 4. The number of amides is 2. The molecule has 0 aliphatic carbocycles. The summed E-state index contributed by atoms with van der Waals surface area (Å²) in [5.74, 6) is -0.148. The van der Waals surface area contributed by atoms with Crippen LogP contribution in [0.4, 0.5) is 5.69 Å². The number of nitrogens with one attached hydrogen (secondary N) is 2. The molecule has 0 saturated carbocycles. The molecule has 2 N–H and O–H groups in total. The van der Waals surface area contributed by atoms with Crippen molar-refractivity contribution in [3.63, 3.8) is 0 Å². The summed E-state index contributed by atoms with van der Waals surface area (Å²) in [6.45, 7) is 6.06. The average molecular weight is 428 g/mol. The van der Waals surface area contributed by atoms with Crippen LogP contribution in [0.5, 0.6) is 0 Å². The van der Waals surface area contributed by atoms with E-state index in [1.54, 1.807) is 18.2 Å². The normalized spacial score (nSPS) is 23.7. The van der Waals surface area contributed by atoms with Crippen LogP contribution in [0.25, 0.3) is 0 Å². The third-order valence-corrected chi connectivity index (χ3v) is 5.82. The highest BCUT2D eigenvalue weighted by molar-refractivity contribution is 6.34. The van der Waals surface area contributed by atoms with Crippen molar-refractivity contribution in [1.29, 1.82) is 0 Å². The van der Waals surface area contributed by atoms with E-state index >= 15 is 0 Å². The summed E-state index contributed by atoms with van der Waals surface area (Å²) in [5, 5.41) is 6.90. The molecule has 2 heterocycles. The van der Waals surface area contributed by atoms with E-state index in [2.05, 4.69) is 10.6 Å². The molecule has 1 aromatic carbocycles. The van der Waals surface area contributed by atoms with Gasteiger partial charge in [-0.15, -0.1) is 12.4 Å². The standard InChI is InChI=1S/C21H30ClN3O2.ClH/c1-21(2,3)12-19(26)24-15-7-8-18(22)17(11-15)20(27)25(4)16-9-13-5-6-14(10-16)23-13;/h7-8,11,13-14,16,23H,5-6,9-10,12H2,1-4H3,(H,24,26);1H. The minimum atomic E-state index is -0.0935. The molecule has 2 saturated heterocycles. The van der Waals surface area contributed by atoms with Gasteiger partial charge in [0.05, 0.1) is 10.6 Å². The predicted octanol–water partition coefficient (Wildman–Crippen LogP) is 4.49. The van der Waals surface area contributed by atoms with E-state index in [1.165, 1.54) is 12.8 Å². The van der Waals surface area contributed by atoms with E-state index in [-0.39, 0.29) is 35.7 Å². The molecule has 2 amide bonds. The van der Waals surface area contributed by atoms with Gasteiger partial charge in [-0.25, -0.2) is 0 Å². The molecule has 0 radical (unpaired) electrons. The molecule has 0 spiro atoms. The minimum absolute atomic E-state index is 0. The van der Waals surface area contributed by atoms with Gasteiger partial charge in [0.2, 0.25) is 5.91 Å². The molecule has 3 rings (SSSR count).